The zero-order valence-electron chi connectivity index (χ0n) is 15.1. The maximum absolute atomic E-state index is 11.3. The number of rotatable bonds is 5. The largest absolute Gasteiger partial charge is 0.507 e. The number of carbonyl (C=O) groups excluding carboxylic acids is 1. The van der Waals surface area contributed by atoms with E-state index in [0.29, 0.717) is 22.5 Å². The summed E-state index contributed by atoms with van der Waals surface area (Å²) in [6, 6.07) is 9.79. The molecule has 1 saturated carbocycles. The summed E-state index contributed by atoms with van der Waals surface area (Å²) < 4.78 is 0. The van der Waals surface area contributed by atoms with E-state index in [1.54, 1.807) is 25.3 Å². The van der Waals surface area contributed by atoms with E-state index in [1.807, 2.05) is 30.0 Å². The Bertz CT molecular complexity index is 869. The van der Waals surface area contributed by atoms with Crippen LogP contribution in [-0.4, -0.2) is 46.1 Å². The standard InChI is InChI=1S/C20H22N4O2S/c1-21-19(26)6-3-12-2-4-15(17(25)8-12)16-5-7-20(24-23-16)27-18-10-14-9-13(18)11-22-14/h2-8,13-14,18,22,25H,9-11H2,1H3,(H,21,26)/b6-3+/t13?,14?,18-/m0/s1. The molecule has 1 amide bonds. The van der Waals surface area contributed by atoms with E-state index in [9.17, 15) is 9.90 Å². The quantitative estimate of drug-likeness (QED) is 0.689. The molecule has 0 radical (unpaired) electrons. The molecule has 7 heteroatoms. The number of phenols is 1. The Morgan fingerprint density at radius 1 is 1.30 bits per heavy atom. The highest BCUT2D eigenvalue weighted by atomic mass is 32.2. The second-order valence-electron chi connectivity index (χ2n) is 6.97. The van der Waals surface area contributed by atoms with E-state index >= 15 is 0 Å². The summed E-state index contributed by atoms with van der Waals surface area (Å²) in [7, 11) is 1.57. The van der Waals surface area contributed by atoms with Crippen molar-refractivity contribution in [2.45, 2.75) is 29.2 Å². The molecule has 2 heterocycles. The first-order chi connectivity index (χ1) is 13.1. The van der Waals surface area contributed by atoms with Crippen LogP contribution in [0.25, 0.3) is 17.3 Å². The first kappa shape index (κ1) is 18.0. The van der Waals surface area contributed by atoms with Gasteiger partial charge in [-0.05, 0) is 61.2 Å². The van der Waals surface area contributed by atoms with Gasteiger partial charge in [-0.2, -0.15) is 0 Å². The second kappa shape index (κ2) is 7.70. The molecule has 140 valence electrons. The number of aromatic hydroxyl groups is 1. The summed E-state index contributed by atoms with van der Waals surface area (Å²) >= 11 is 1.81. The first-order valence-corrected chi connectivity index (χ1v) is 9.97. The van der Waals surface area contributed by atoms with Crippen LogP contribution in [-0.2, 0) is 4.79 Å². The topological polar surface area (TPSA) is 87.1 Å². The highest BCUT2D eigenvalue weighted by molar-refractivity contribution is 7.99. The summed E-state index contributed by atoms with van der Waals surface area (Å²) in [4.78, 5) is 11.3. The molecule has 0 spiro atoms. The van der Waals surface area contributed by atoms with Crippen LogP contribution in [0.5, 0.6) is 5.75 Å². The number of nitrogens with one attached hydrogen (secondary N) is 2. The molecule has 1 aliphatic heterocycles. The van der Waals surface area contributed by atoms with E-state index in [1.165, 1.54) is 18.9 Å². The lowest BCUT2D eigenvalue weighted by atomic mass is 10.1. The number of carbonyl (C=O) groups is 1. The molecule has 2 aliphatic rings. The number of benzene rings is 1. The maximum Gasteiger partial charge on any atom is 0.243 e. The van der Waals surface area contributed by atoms with Crippen molar-refractivity contribution in [2.75, 3.05) is 13.6 Å². The van der Waals surface area contributed by atoms with Crippen LogP contribution in [0.2, 0.25) is 0 Å². The average molecular weight is 382 g/mol. The lowest BCUT2D eigenvalue weighted by Gasteiger charge is -2.21. The predicted octanol–water partition coefficient (Wildman–Crippen LogP) is 2.45. The van der Waals surface area contributed by atoms with Crippen LogP contribution < -0.4 is 10.6 Å². The molecule has 2 aromatic rings. The minimum absolute atomic E-state index is 0.114. The number of hydrogen-bond donors (Lipinski definition) is 3. The molecule has 1 aromatic carbocycles. The first-order valence-electron chi connectivity index (χ1n) is 9.09. The number of thioether (sulfide) groups is 1. The third-order valence-corrected chi connectivity index (χ3v) is 6.52. The number of amides is 1. The fraction of sp³-hybridized carbons (Fsp3) is 0.350. The Labute approximate surface area is 162 Å². The van der Waals surface area contributed by atoms with Gasteiger partial charge in [0, 0.05) is 30.0 Å². The number of phenolic OH excluding ortho intramolecular Hbond substituents is 1. The minimum Gasteiger partial charge on any atom is -0.507 e. The molecule has 1 aliphatic carbocycles. The van der Waals surface area contributed by atoms with Gasteiger partial charge in [-0.1, -0.05) is 6.07 Å². The number of nitrogens with zero attached hydrogens (tertiary/aromatic N) is 2. The van der Waals surface area contributed by atoms with Gasteiger partial charge in [0.1, 0.15) is 10.8 Å². The number of fused-ring (bicyclic) bond motifs is 2. The van der Waals surface area contributed by atoms with Gasteiger partial charge in [-0.25, -0.2) is 0 Å². The lowest BCUT2D eigenvalue weighted by Crippen LogP contribution is -2.30. The van der Waals surface area contributed by atoms with Crippen molar-refractivity contribution in [3.8, 4) is 17.0 Å². The van der Waals surface area contributed by atoms with Crippen LogP contribution in [0.3, 0.4) is 0 Å². The Morgan fingerprint density at radius 2 is 2.19 bits per heavy atom. The SMILES string of the molecule is CNC(=O)/C=C/c1ccc(-c2ccc(S[C@H]3CC4CC3CN4)nn2)c(O)c1. The van der Waals surface area contributed by atoms with Gasteiger partial charge < -0.3 is 15.7 Å². The van der Waals surface area contributed by atoms with Crippen molar-refractivity contribution in [1.82, 2.24) is 20.8 Å². The normalized spacial score (nSPS) is 23.8. The van der Waals surface area contributed by atoms with Crippen LogP contribution in [0.4, 0.5) is 0 Å². The van der Waals surface area contributed by atoms with Gasteiger partial charge in [0.15, 0.2) is 0 Å². The Morgan fingerprint density at radius 3 is 2.81 bits per heavy atom. The van der Waals surface area contributed by atoms with Crippen molar-refractivity contribution >= 4 is 23.7 Å². The van der Waals surface area contributed by atoms with Crippen molar-refractivity contribution in [1.29, 1.82) is 0 Å². The van der Waals surface area contributed by atoms with Gasteiger partial charge in [-0.15, -0.1) is 22.0 Å². The zero-order valence-corrected chi connectivity index (χ0v) is 15.9. The third-order valence-electron chi connectivity index (χ3n) is 5.18. The minimum atomic E-state index is -0.191. The highest BCUT2D eigenvalue weighted by Crippen LogP contribution is 2.41. The van der Waals surface area contributed by atoms with Crippen molar-refractivity contribution in [2.24, 2.45) is 5.92 Å². The summed E-state index contributed by atoms with van der Waals surface area (Å²) in [6.45, 7) is 1.11. The lowest BCUT2D eigenvalue weighted by molar-refractivity contribution is -0.115. The van der Waals surface area contributed by atoms with Gasteiger partial charge in [0.2, 0.25) is 5.91 Å². The smallest absolute Gasteiger partial charge is 0.243 e. The number of piperidine rings is 1. The molecule has 2 unspecified atom stereocenters. The molecule has 3 atom stereocenters. The number of hydrogen-bond acceptors (Lipinski definition) is 6. The fourth-order valence-corrected chi connectivity index (χ4v) is 5.01. The Kier molecular flexibility index (Phi) is 5.13. The van der Waals surface area contributed by atoms with Crippen LogP contribution >= 0.6 is 11.8 Å². The monoisotopic (exact) mass is 382 g/mol. The molecule has 6 nitrogen and oxygen atoms in total. The van der Waals surface area contributed by atoms with E-state index in [4.69, 9.17) is 0 Å². The summed E-state index contributed by atoms with van der Waals surface area (Å²) in [5.74, 6) is 0.660. The zero-order chi connectivity index (χ0) is 18.8. The van der Waals surface area contributed by atoms with Crippen LogP contribution in [0.15, 0.2) is 41.4 Å². The van der Waals surface area contributed by atoms with Gasteiger partial charge in [0.05, 0.1) is 5.69 Å². The Hall–Kier alpha value is -2.38. The average Bonchev–Trinajstić information content (AvgIpc) is 3.30. The highest BCUT2D eigenvalue weighted by Gasteiger charge is 2.39. The van der Waals surface area contributed by atoms with Gasteiger partial charge in [0.25, 0.3) is 0 Å². The molecule has 1 saturated heterocycles. The summed E-state index contributed by atoms with van der Waals surface area (Å²) in [5.41, 5.74) is 2.00. The van der Waals surface area contributed by atoms with Crippen molar-refractivity contribution in [3.05, 3.63) is 42.0 Å². The summed E-state index contributed by atoms with van der Waals surface area (Å²) in [5, 5.41) is 26.6. The van der Waals surface area contributed by atoms with Crippen LogP contribution in [0.1, 0.15) is 18.4 Å². The molecular formula is C20H22N4O2S. The second-order valence-corrected chi connectivity index (χ2v) is 8.23. The molecule has 1 aromatic heterocycles. The molecular weight excluding hydrogens is 360 g/mol. The van der Waals surface area contributed by atoms with E-state index < -0.39 is 0 Å². The van der Waals surface area contributed by atoms with Crippen molar-refractivity contribution in [3.63, 3.8) is 0 Å². The fourth-order valence-electron chi connectivity index (χ4n) is 3.74. The van der Waals surface area contributed by atoms with Crippen molar-refractivity contribution < 1.29 is 9.90 Å². The molecule has 3 N–H and O–H groups in total. The molecule has 2 bridgehead atoms. The maximum atomic E-state index is 11.3. The molecule has 2 fully saturated rings. The summed E-state index contributed by atoms with van der Waals surface area (Å²) in [6.07, 6.45) is 5.55. The Balaban J connectivity index is 1.45. The molecule has 4 rings (SSSR count). The van der Waals surface area contributed by atoms with E-state index in [-0.39, 0.29) is 11.7 Å². The van der Waals surface area contributed by atoms with Gasteiger partial charge in [-0.3, -0.25) is 4.79 Å². The van der Waals surface area contributed by atoms with Gasteiger partial charge >= 0.3 is 0 Å². The van der Waals surface area contributed by atoms with Crippen LogP contribution in [0, 0.1) is 5.92 Å². The van der Waals surface area contributed by atoms with E-state index in [2.05, 4.69) is 20.8 Å². The van der Waals surface area contributed by atoms with E-state index in [0.717, 1.165) is 23.1 Å². The third kappa shape index (κ3) is 3.99. The number of aromatic nitrogens is 2. The molecule has 27 heavy (non-hydrogen) atoms. The predicted molar refractivity (Wildman–Crippen MR) is 106 cm³/mol. The number of likely N-dealkylation sites (N-methyl/N-ethyl adjacent to an activating group) is 1.